The predicted octanol–water partition coefficient (Wildman–Crippen LogP) is 1.23. The van der Waals surface area contributed by atoms with Gasteiger partial charge in [0.25, 0.3) is 11.6 Å². The third-order valence-corrected chi connectivity index (χ3v) is 2.77. The molecular weight excluding hydrogens is 292 g/mol. The number of nitro groups is 1. The molecule has 0 saturated heterocycles. The molecule has 10 nitrogen and oxygen atoms in total. The van der Waals surface area contributed by atoms with E-state index in [0.717, 1.165) is 0 Å². The maximum Gasteiger partial charge on any atom is 0.319 e. The Kier molecular flexibility index (Phi) is 4.51. The van der Waals surface area contributed by atoms with Gasteiger partial charge >= 0.3 is 6.03 Å². The number of nitrogens with two attached hydrogens (primary N) is 1. The summed E-state index contributed by atoms with van der Waals surface area (Å²) in [5, 5.41) is 19.3. The molecule has 0 aliphatic carbocycles. The number of nitrogen functional groups attached to an aromatic ring is 1. The molecule has 2 aromatic rings. The minimum atomic E-state index is -0.502. The van der Waals surface area contributed by atoms with Crippen LogP contribution in [0.2, 0.25) is 0 Å². The van der Waals surface area contributed by atoms with E-state index in [0.29, 0.717) is 23.6 Å². The summed E-state index contributed by atoms with van der Waals surface area (Å²) in [6.07, 6.45) is 0.325. The Labute approximate surface area is 124 Å². The molecule has 4 N–H and O–H groups in total. The van der Waals surface area contributed by atoms with Gasteiger partial charge in [-0.25, -0.2) is 4.79 Å². The van der Waals surface area contributed by atoms with Gasteiger partial charge in [-0.2, -0.15) is 4.98 Å². The highest BCUT2D eigenvalue weighted by atomic mass is 16.6. The van der Waals surface area contributed by atoms with E-state index < -0.39 is 11.0 Å². The highest BCUT2D eigenvalue weighted by Gasteiger charge is 2.12. The largest absolute Gasteiger partial charge is 0.365 e. The van der Waals surface area contributed by atoms with Crippen molar-refractivity contribution >= 4 is 23.4 Å². The highest BCUT2D eigenvalue weighted by Crippen LogP contribution is 2.22. The first-order chi connectivity index (χ1) is 10.5. The molecule has 0 aliphatic heterocycles. The molecule has 0 spiro atoms. The number of hydrogen-bond acceptors (Lipinski definition) is 7. The Hall–Kier alpha value is -3.17. The van der Waals surface area contributed by atoms with Crippen LogP contribution in [0.1, 0.15) is 11.5 Å². The second-order valence-electron chi connectivity index (χ2n) is 4.44. The lowest BCUT2D eigenvalue weighted by atomic mass is 10.2. The van der Waals surface area contributed by atoms with Crippen LogP contribution in [-0.2, 0) is 6.42 Å². The van der Waals surface area contributed by atoms with E-state index >= 15 is 0 Å². The van der Waals surface area contributed by atoms with Crippen molar-refractivity contribution in [1.29, 1.82) is 0 Å². The lowest BCUT2D eigenvalue weighted by Gasteiger charge is -2.07. The molecule has 116 valence electrons. The number of hydrogen-bond donors (Lipinski definition) is 3. The van der Waals surface area contributed by atoms with E-state index in [1.807, 2.05) is 0 Å². The molecule has 0 saturated carbocycles. The van der Waals surface area contributed by atoms with Crippen LogP contribution in [0, 0.1) is 17.0 Å². The van der Waals surface area contributed by atoms with Crippen molar-refractivity contribution in [1.82, 2.24) is 15.5 Å². The number of benzene rings is 1. The number of amides is 2. The van der Waals surface area contributed by atoms with Crippen LogP contribution >= 0.6 is 0 Å². The summed E-state index contributed by atoms with van der Waals surface area (Å²) >= 11 is 0. The topological polar surface area (TPSA) is 149 Å². The second-order valence-corrected chi connectivity index (χ2v) is 4.44. The van der Waals surface area contributed by atoms with Crippen LogP contribution in [0.4, 0.5) is 22.1 Å². The maximum absolute atomic E-state index is 11.7. The van der Waals surface area contributed by atoms with Crippen molar-refractivity contribution < 1.29 is 14.2 Å². The lowest BCUT2D eigenvalue weighted by Crippen LogP contribution is -2.30. The van der Waals surface area contributed by atoms with Crippen molar-refractivity contribution in [3.63, 3.8) is 0 Å². The van der Waals surface area contributed by atoms with Crippen molar-refractivity contribution in [3.05, 3.63) is 39.8 Å². The summed E-state index contributed by atoms with van der Waals surface area (Å²) in [7, 11) is 0. The molecule has 2 rings (SSSR count). The number of nitro benzene ring substituents is 1. The highest BCUT2D eigenvalue weighted by molar-refractivity contribution is 5.89. The smallest absolute Gasteiger partial charge is 0.319 e. The van der Waals surface area contributed by atoms with Crippen LogP contribution in [0.15, 0.2) is 22.7 Å². The molecule has 2 amide bonds. The average molecular weight is 306 g/mol. The molecule has 0 atom stereocenters. The predicted molar refractivity (Wildman–Crippen MR) is 77.3 cm³/mol. The molecule has 22 heavy (non-hydrogen) atoms. The summed E-state index contributed by atoms with van der Waals surface area (Å²) in [4.78, 5) is 25.8. The summed E-state index contributed by atoms with van der Waals surface area (Å²) in [6, 6.07) is 3.95. The molecule has 0 radical (unpaired) electrons. The van der Waals surface area contributed by atoms with Gasteiger partial charge in [-0.15, -0.1) is 0 Å². The summed E-state index contributed by atoms with van der Waals surface area (Å²) < 4.78 is 4.79. The first-order valence-electron chi connectivity index (χ1n) is 6.33. The van der Waals surface area contributed by atoms with Gasteiger partial charge < -0.3 is 20.9 Å². The van der Waals surface area contributed by atoms with Gasteiger partial charge in [-0.05, 0) is 18.1 Å². The molecule has 0 unspecified atom stereocenters. The maximum atomic E-state index is 11.7. The normalized spacial score (nSPS) is 10.2. The van der Waals surface area contributed by atoms with Gasteiger partial charge in [0.05, 0.1) is 4.92 Å². The van der Waals surface area contributed by atoms with E-state index in [4.69, 9.17) is 10.3 Å². The molecule has 0 fully saturated rings. The Bertz CT molecular complexity index is 699. The van der Waals surface area contributed by atoms with Crippen molar-refractivity contribution in [3.8, 4) is 0 Å². The van der Waals surface area contributed by atoms with Crippen molar-refractivity contribution in [2.75, 3.05) is 17.6 Å². The van der Waals surface area contributed by atoms with Crippen molar-refractivity contribution in [2.24, 2.45) is 0 Å². The van der Waals surface area contributed by atoms with E-state index in [9.17, 15) is 14.9 Å². The van der Waals surface area contributed by atoms with E-state index in [1.54, 1.807) is 19.1 Å². The monoisotopic (exact) mass is 306 g/mol. The number of aryl methyl sites for hydroxylation is 1. The van der Waals surface area contributed by atoms with Gasteiger partial charge in [0.2, 0.25) is 5.89 Å². The molecule has 10 heteroatoms. The molecule has 1 heterocycles. The van der Waals surface area contributed by atoms with Crippen LogP contribution < -0.4 is 16.4 Å². The fourth-order valence-corrected chi connectivity index (χ4v) is 1.71. The zero-order chi connectivity index (χ0) is 16.1. The Balaban J connectivity index is 1.86. The zero-order valence-corrected chi connectivity index (χ0v) is 11.7. The Morgan fingerprint density at radius 1 is 1.50 bits per heavy atom. The Morgan fingerprint density at radius 3 is 2.91 bits per heavy atom. The molecule has 0 bridgehead atoms. The summed E-state index contributed by atoms with van der Waals surface area (Å²) in [6.45, 7) is 1.87. The quantitative estimate of drug-likeness (QED) is 0.555. The third-order valence-electron chi connectivity index (χ3n) is 2.77. The summed E-state index contributed by atoms with van der Waals surface area (Å²) in [5.74, 6) is 0.343. The fourth-order valence-electron chi connectivity index (χ4n) is 1.71. The first-order valence-corrected chi connectivity index (χ1v) is 6.33. The van der Waals surface area contributed by atoms with E-state index in [2.05, 4.69) is 20.8 Å². The Morgan fingerprint density at radius 2 is 2.27 bits per heavy atom. The van der Waals surface area contributed by atoms with E-state index in [1.165, 1.54) is 6.07 Å². The third kappa shape index (κ3) is 3.91. The van der Waals surface area contributed by atoms with Crippen LogP contribution in [0.5, 0.6) is 0 Å². The molecule has 1 aromatic carbocycles. The minimum absolute atomic E-state index is 0.0337. The second kappa shape index (κ2) is 6.52. The standard InChI is InChI=1S/C12H14N6O4/c1-7-2-3-8(6-9(7)18(20)21)15-12(19)14-5-4-10-16-11(13)17-22-10/h2-3,6H,4-5H2,1H3,(H2,13,17)(H2,14,15,19). The number of anilines is 2. The van der Waals surface area contributed by atoms with Gasteiger partial charge in [0, 0.05) is 30.3 Å². The number of carbonyl (C=O) groups excluding carboxylic acids is 1. The molecular formula is C12H14N6O4. The van der Waals surface area contributed by atoms with Crippen LogP contribution in [0.25, 0.3) is 0 Å². The first kappa shape index (κ1) is 15.2. The average Bonchev–Trinajstić information content (AvgIpc) is 2.86. The zero-order valence-electron chi connectivity index (χ0n) is 11.7. The van der Waals surface area contributed by atoms with Gasteiger partial charge in [0.1, 0.15) is 0 Å². The SMILES string of the molecule is Cc1ccc(NC(=O)NCCc2nc(N)no2)cc1[N+](=O)[O-]. The lowest BCUT2D eigenvalue weighted by molar-refractivity contribution is -0.385. The van der Waals surface area contributed by atoms with Gasteiger partial charge in [-0.1, -0.05) is 6.07 Å². The number of aromatic nitrogens is 2. The summed E-state index contributed by atoms with van der Waals surface area (Å²) in [5.41, 5.74) is 6.08. The van der Waals surface area contributed by atoms with Crippen LogP contribution in [-0.4, -0.2) is 27.6 Å². The number of carbonyl (C=O) groups is 1. The van der Waals surface area contributed by atoms with Gasteiger partial charge in [-0.3, -0.25) is 10.1 Å². The van der Waals surface area contributed by atoms with Crippen molar-refractivity contribution in [2.45, 2.75) is 13.3 Å². The number of nitrogens with zero attached hydrogens (tertiary/aromatic N) is 3. The fraction of sp³-hybridized carbons (Fsp3) is 0.250. The number of rotatable bonds is 5. The van der Waals surface area contributed by atoms with Crippen LogP contribution in [0.3, 0.4) is 0 Å². The molecule has 1 aromatic heterocycles. The van der Waals surface area contributed by atoms with Gasteiger partial charge in [0.15, 0.2) is 0 Å². The molecule has 0 aliphatic rings. The minimum Gasteiger partial charge on any atom is -0.365 e. The number of nitrogens with one attached hydrogen (secondary N) is 2. The number of urea groups is 1. The van der Waals surface area contributed by atoms with E-state index in [-0.39, 0.29) is 18.2 Å².